The van der Waals surface area contributed by atoms with Crippen molar-refractivity contribution in [1.29, 1.82) is 5.26 Å². The average Bonchev–Trinajstić information content (AvgIpc) is 2.98. The van der Waals surface area contributed by atoms with Gasteiger partial charge in [-0.3, -0.25) is 9.55 Å². The lowest BCUT2D eigenvalue weighted by Gasteiger charge is -2.09. The highest BCUT2D eigenvalue weighted by atomic mass is 15.1. The molecule has 0 spiro atoms. The number of aromatic nitrogens is 3. The van der Waals surface area contributed by atoms with E-state index < -0.39 is 0 Å². The zero-order chi connectivity index (χ0) is 18.7. The van der Waals surface area contributed by atoms with Gasteiger partial charge in [0.05, 0.1) is 34.9 Å². The minimum absolute atomic E-state index is 0.355. The van der Waals surface area contributed by atoms with Gasteiger partial charge in [-0.1, -0.05) is 18.6 Å². The molecule has 0 aliphatic heterocycles. The minimum atomic E-state index is 0.355. The molecular weight excluding hydrogens is 322 g/mol. The van der Waals surface area contributed by atoms with Crippen LogP contribution in [0.5, 0.6) is 0 Å². The number of hydrogen-bond acceptors (Lipinski definition) is 4. The number of nitrogens with two attached hydrogens (primary N) is 1. The van der Waals surface area contributed by atoms with Crippen molar-refractivity contribution >= 4 is 5.70 Å². The van der Waals surface area contributed by atoms with Crippen LogP contribution in [0.1, 0.15) is 34.0 Å². The number of rotatable bonds is 2. The van der Waals surface area contributed by atoms with Crippen molar-refractivity contribution in [3.05, 3.63) is 83.2 Å². The van der Waals surface area contributed by atoms with Crippen LogP contribution in [-0.4, -0.2) is 14.5 Å². The number of nitrogens with zero attached hydrogens (tertiary/aromatic N) is 4. The predicted octanol–water partition coefficient (Wildman–Crippen LogP) is 3.09. The molecule has 126 valence electrons. The molecule has 1 aromatic carbocycles. The Labute approximate surface area is 152 Å². The number of benzene rings is 1. The zero-order valence-corrected chi connectivity index (χ0v) is 14.6. The third kappa shape index (κ3) is 3.33. The molecule has 0 saturated carbocycles. The molecule has 0 fully saturated rings. The molecule has 3 rings (SSSR count). The molecule has 0 radical (unpaired) electrons. The summed E-state index contributed by atoms with van der Waals surface area (Å²) in [6.45, 7) is 7.67. The van der Waals surface area contributed by atoms with Crippen molar-refractivity contribution in [2.75, 3.05) is 0 Å². The summed E-state index contributed by atoms with van der Waals surface area (Å²) in [4.78, 5) is 8.87. The Morgan fingerprint density at radius 2 is 1.92 bits per heavy atom. The average molecular weight is 339 g/mol. The van der Waals surface area contributed by atoms with Gasteiger partial charge in [-0.15, -0.1) is 0 Å². The van der Waals surface area contributed by atoms with Gasteiger partial charge in [0.15, 0.2) is 5.82 Å². The maximum absolute atomic E-state index is 8.99. The molecule has 2 N–H and O–H groups in total. The molecule has 5 heteroatoms. The highest BCUT2D eigenvalue weighted by molar-refractivity contribution is 5.59. The predicted molar refractivity (Wildman–Crippen MR) is 101 cm³/mol. The number of aryl methyl sites for hydroxylation is 1. The van der Waals surface area contributed by atoms with Gasteiger partial charge >= 0.3 is 0 Å². The molecule has 0 atom stereocenters. The Morgan fingerprint density at radius 3 is 2.58 bits per heavy atom. The van der Waals surface area contributed by atoms with Crippen LogP contribution in [0.15, 0.2) is 49.2 Å². The summed E-state index contributed by atoms with van der Waals surface area (Å²) in [7, 11) is 0. The summed E-state index contributed by atoms with van der Waals surface area (Å²) in [5.74, 6) is 6.67. The molecule has 2 heterocycles. The topological polar surface area (TPSA) is 80.5 Å². The lowest BCUT2D eigenvalue weighted by atomic mass is 10.1. The van der Waals surface area contributed by atoms with E-state index in [1.54, 1.807) is 24.4 Å². The monoisotopic (exact) mass is 339 g/mol. The van der Waals surface area contributed by atoms with E-state index in [0.29, 0.717) is 22.8 Å². The van der Waals surface area contributed by atoms with Gasteiger partial charge in [0.1, 0.15) is 5.69 Å². The molecule has 0 aliphatic rings. The van der Waals surface area contributed by atoms with Crippen molar-refractivity contribution in [3.8, 4) is 23.6 Å². The molecule has 5 nitrogen and oxygen atoms in total. The van der Waals surface area contributed by atoms with Crippen molar-refractivity contribution in [1.82, 2.24) is 14.5 Å². The van der Waals surface area contributed by atoms with Crippen LogP contribution < -0.4 is 5.73 Å². The lowest BCUT2D eigenvalue weighted by Crippen LogP contribution is -2.06. The smallest absolute Gasteiger partial charge is 0.161 e. The van der Waals surface area contributed by atoms with Gasteiger partial charge in [0, 0.05) is 11.3 Å². The van der Waals surface area contributed by atoms with Crippen LogP contribution in [0.3, 0.4) is 0 Å². The summed E-state index contributed by atoms with van der Waals surface area (Å²) >= 11 is 0. The molecule has 0 bridgehead atoms. The second-order valence-corrected chi connectivity index (χ2v) is 5.83. The molecule has 0 unspecified atom stereocenters. The van der Waals surface area contributed by atoms with Crippen molar-refractivity contribution in [2.24, 2.45) is 5.73 Å². The molecule has 26 heavy (non-hydrogen) atoms. The number of imidazole rings is 1. The normalized spacial score (nSPS) is 9.88. The van der Waals surface area contributed by atoms with E-state index in [4.69, 9.17) is 11.0 Å². The second kappa shape index (κ2) is 6.96. The molecule has 0 aliphatic carbocycles. The third-order valence-electron chi connectivity index (χ3n) is 3.87. The van der Waals surface area contributed by atoms with E-state index >= 15 is 0 Å². The lowest BCUT2D eigenvalue weighted by molar-refractivity contribution is 0.959. The van der Waals surface area contributed by atoms with Crippen LogP contribution in [-0.2, 0) is 0 Å². The van der Waals surface area contributed by atoms with E-state index in [1.807, 2.05) is 36.6 Å². The summed E-state index contributed by atoms with van der Waals surface area (Å²) < 4.78 is 1.89. The van der Waals surface area contributed by atoms with E-state index in [1.165, 1.54) is 0 Å². The van der Waals surface area contributed by atoms with E-state index in [9.17, 15) is 0 Å². The SMILES string of the molecule is C=C(N)c1nc(C#Cc2cccc(C#N)c2)c(C)n1-c1ccc(C)nc1. The fourth-order valence-electron chi connectivity index (χ4n) is 2.54. The highest BCUT2D eigenvalue weighted by Crippen LogP contribution is 2.20. The van der Waals surface area contributed by atoms with Crippen LogP contribution >= 0.6 is 0 Å². The Hall–Kier alpha value is -3.83. The first-order chi connectivity index (χ1) is 12.5. The summed E-state index contributed by atoms with van der Waals surface area (Å²) in [5.41, 5.74) is 10.8. The standard InChI is InChI=1S/C21H17N5/c1-14-7-9-19(13-24-14)26-16(3)20(25-21(26)15(2)23)10-8-17-5-4-6-18(11-17)12-22/h4-7,9,11,13H,2,23H2,1,3H3. The van der Waals surface area contributed by atoms with Crippen molar-refractivity contribution in [2.45, 2.75) is 13.8 Å². The highest BCUT2D eigenvalue weighted by Gasteiger charge is 2.15. The first-order valence-electron chi connectivity index (χ1n) is 7.99. The quantitative estimate of drug-likeness (QED) is 0.728. The van der Waals surface area contributed by atoms with Gasteiger partial charge in [-0.25, -0.2) is 4.98 Å². The fraction of sp³-hybridized carbons (Fsp3) is 0.0952. The van der Waals surface area contributed by atoms with Crippen molar-refractivity contribution < 1.29 is 0 Å². The second-order valence-electron chi connectivity index (χ2n) is 5.83. The molecule has 0 amide bonds. The Morgan fingerprint density at radius 1 is 1.15 bits per heavy atom. The van der Waals surface area contributed by atoms with Crippen LogP contribution in [0.25, 0.3) is 11.4 Å². The van der Waals surface area contributed by atoms with E-state index in [2.05, 4.69) is 34.5 Å². The van der Waals surface area contributed by atoms with Gasteiger partial charge in [-0.2, -0.15) is 5.26 Å². The molecular formula is C21H17N5. The van der Waals surface area contributed by atoms with Gasteiger partial charge < -0.3 is 5.73 Å². The van der Waals surface area contributed by atoms with Gasteiger partial charge in [0.2, 0.25) is 0 Å². The molecule has 2 aromatic heterocycles. The van der Waals surface area contributed by atoms with Crippen LogP contribution in [0.4, 0.5) is 0 Å². The summed E-state index contributed by atoms with van der Waals surface area (Å²) in [6.07, 6.45) is 1.77. The minimum Gasteiger partial charge on any atom is -0.396 e. The number of pyridine rings is 1. The number of nitriles is 1. The maximum Gasteiger partial charge on any atom is 0.161 e. The molecule has 0 saturated heterocycles. The Balaban J connectivity index is 2.09. The Bertz CT molecular complexity index is 1090. The van der Waals surface area contributed by atoms with Gasteiger partial charge in [0.25, 0.3) is 0 Å². The number of hydrogen-bond donors (Lipinski definition) is 1. The van der Waals surface area contributed by atoms with E-state index in [0.717, 1.165) is 22.6 Å². The van der Waals surface area contributed by atoms with Crippen LogP contribution in [0.2, 0.25) is 0 Å². The van der Waals surface area contributed by atoms with Crippen LogP contribution in [0, 0.1) is 37.0 Å². The Kier molecular flexibility index (Phi) is 4.55. The molecule has 3 aromatic rings. The van der Waals surface area contributed by atoms with Crippen molar-refractivity contribution in [3.63, 3.8) is 0 Å². The largest absolute Gasteiger partial charge is 0.396 e. The van der Waals surface area contributed by atoms with E-state index in [-0.39, 0.29) is 0 Å². The third-order valence-corrected chi connectivity index (χ3v) is 3.87. The zero-order valence-electron chi connectivity index (χ0n) is 14.6. The summed E-state index contributed by atoms with van der Waals surface area (Å²) in [6, 6.07) is 13.1. The first-order valence-corrected chi connectivity index (χ1v) is 7.99. The summed E-state index contributed by atoms with van der Waals surface area (Å²) in [5, 5.41) is 8.99. The fourth-order valence-corrected chi connectivity index (χ4v) is 2.54. The first kappa shape index (κ1) is 17.0. The maximum atomic E-state index is 8.99. The van der Waals surface area contributed by atoms with Gasteiger partial charge in [-0.05, 0) is 50.1 Å².